The lowest BCUT2D eigenvalue weighted by atomic mass is 9.84. The zero-order valence-corrected chi connectivity index (χ0v) is 13.0. The third-order valence-corrected chi connectivity index (χ3v) is 5.77. The summed E-state index contributed by atoms with van der Waals surface area (Å²) in [5, 5.41) is 6.09. The van der Waals surface area contributed by atoms with Gasteiger partial charge in [-0.05, 0) is 37.5 Å². The minimum absolute atomic E-state index is 0.0468. The van der Waals surface area contributed by atoms with Gasteiger partial charge in [-0.3, -0.25) is 9.59 Å². The standard InChI is InChI=1S/C18H24N2O2/c21-17-13-14(16(20-17)12-9-5-2-6-10-12)18(22)19-15(13)11-7-3-1-4-8-11/h11-12H,1-10H2,(H,19,22)(H,20,21). The fraction of sp³-hybridized carbons (Fsp3) is 0.667. The first-order chi connectivity index (χ1) is 10.8. The first kappa shape index (κ1) is 14.0. The Hall–Kier alpha value is -1.58. The number of hydrogen-bond donors (Lipinski definition) is 2. The van der Waals surface area contributed by atoms with Gasteiger partial charge in [-0.25, -0.2) is 0 Å². The van der Waals surface area contributed by atoms with E-state index in [1.165, 1.54) is 38.5 Å². The molecule has 0 saturated heterocycles. The predicted octanol–water partition coefficient (Wildman–Crippen LogP) is 2.91. The molecule has 4 rings (SSSR count). The number of fused-ring (bicyclic) bond motifs is 1. The number of carbonyl (C=O) groups is 2. The summed E-state index contributed by atoms with van der Waals surface area (Å²) in [6.07, 6.45) is 11.7. The highest BCUT2D eigenvalue weighted by Gasteiger charge is 2.43. The molecular formula is C18H24N2O2. The van der Waals surface area contributed by atoms with Gasteiger partial charge >= 0.3 is 0 Å². The Balaban J connectivity index is 1.70. The van der Waals surface area contributed by atoms with Crippen LogP contribution in [0.1, 0.15) is 64.2 Å². The van der Waals surface area contributed by atoms with Gasteiger partial charge in [-0.15, -0.1) is 0 Å². The summed E-state index contributed by atoms with van der Waals surface area (Å²) in [5.41, 5.74) is 3.20. The molecule has 0 aromatic rings. The zero-order valence-electron chi connectivity index (χ0n) is 13.0. The average Bonchev–Trinajstić information content (AvgIpc) is 3.09. The third-order valence-electron chi connectivity index (χ3n) is 5.77. The van der Waals surface area contributed by atoms with E-state index in [1.807, 2.05) is 0 Å². The monoisotopic (exact) mass is 300 g/mol. The highest BCUT2D eigenvalue weighted by atomic mass is 16.2. The molecule has 0 atom stereocenters. The van der Waals surface area contributed by atoms with Crippen LogP contribution in [0.2, 0.25) is 0 Å². The maximum Gasteiger partial charge on any atom is 0.258 e. The number of rotatable bonds is 2. The van der Waals surface area contributed by atoms with E-state index < -0.39 is 0 Å². The molecule has 4 aliphatic rings. The molecule has 0 aromatic carbocycles. The lowest BCUT2D eigenvalue weighted by molar-refractivity contribution is -0.117. The highest BCUT2D eigenvalue weighted by molar-refractivity contribution is 6.19. The molecule has 4 nitrogen and oxygen atoms in total. The van der Waals surface area contributed by atoms with Crippen molar-refractivity contribution in [2.24, 2.45) is 11.8 Å². The van der Waals surface area contributed by atoms with Crippen LogP contribution < -0.4 is 10.6 Å². The second-order valence-electron chi connectivity index (χ2n) is 7.16. The largest absolute Gasteiger partial charge is 0.325 e. The van der Waals surface area contributed by atoms with Gasteiger partial charge in [-0.2, -0.15) is 0 Å². The summed E-state index contributed by atoms with van der Waals surface area (Å²) < 4.78 is 0. The van der Waals surface area contributed by atoms with Crippen molar-refractivity contribution in [1.29, 1.82) is 0 Å². The van der Waals surface area contributed by atoms with Crippen molar-refractivity contribution in [3.63, 3.8) is 0 Å². The Kier molecular flexibility index (Phi) is 3.55. The Morgan fingerprint density at radius 2 is 0.955 bits per heavy atom. The summed E-state index contributed by atoms with van der Waals surface area (Å²) >= 11 is 0. The smallest absolute Gasteiger partial charge is 0.258 e. The molecule has 0 spiro atoms. The third kappa shape index (κ3) is 2.20. The summed E-state index contributed by atoms with van der Waals surface area (Å²) in [7, 11) is 0. The van der Waals surface area contributed by atoms with E-state index in [1.54, 1.807) is 0 Å². The Morgan fingerprint density at radius 1 is 0.591 bits per heavy atom. The highest BCUT2D eigenvalue weighted by Crippen LogP contribution is 2.41. The van der Waals surface area contributed by atoms with Gasteiger partial charge in [0.15, 0.2) is 0 Å². The van der Waals surface area contributed by atoms with Crippen LogP contribution >= 0.6 is 0 Å². The van der Waals surface area contributed by atoms with E-state index in [4.69, 9.17) is 0 Å². The first-order valence-corrected chi connectivity index (χ1v) is 8.87. The van der Waals surface area contributed by atoms with Gasteiger partial charge in [0.2, 0.25) is 0 Å². The molecule has 2 aliphatic heterocycles. The summed E-state index contributed by atoms with van der Waals surface area (Å²) in [5.74, 6) is 0.632. The van der Waals surface area contributed by atoms with Crippen LogP contribution in [-0.2, 0) is 9.59 Å². The van der Waals surface area contributed by atoms with Crippen molar-refractivity contribution in [3.8, 4) is 0 Å². The van der Waals surface area contributed by atoms with Crippen LogP contribution in [0.25, 0.3) is 0 Å². The van der Waals surface area contributed by atoms with Gasteiger partial charge in [0, 0.05) is 11.4 Å². The SMILES string of the molecule is O=C1NC(C2CCCCC2)=C2C(=O)NC(C3CCCCC3)=C12. The van der Waals surface area contributed by atoms with Crippen molar-refractivity contribution < 1.29 is 9.59 Å². The maximum absolute atomic E-state index is 12.5. The van der Waals surface area contributed by atoms with Gasteiger partial charge in [0.25, 0.3) is 11.8 Å². The molecule has 0 aromatic heterocycles. The number of allylic oxidation sites excluding steroid dienone is 2. The van der Waals surface area contributed by atoms with Gasteiger partial charge < -0.3 is 10.6 Å². The first-order valence-electron chi connectivity index (χ1n) is 8.87. The van der Waals surface area contributed by atoms with E-state index in [9.17, 15) is 9.59 Å². The summed E-state index contributed by atoms with van der Waals surface area (Å²) in [6.45, 7) is 0. The fourth-order valence-corrected chi connectivity index (χ4v) is 4.63. The normalized spacial score (nSPS) is 27.3. The molecule has 2 heterocycles. The van der Waals surface area contributed by atoms with E-state index in [-0.39, 0.29) is 11.8 Å². The van der Waals surface area contributed by atoms with Crippen LogP contribution in [0.3, 0.4) is 0 Å². The van der Waals surface area contributed by atoms with Gasteiger partial charge in [-0.1, -0.05) is 38.5 Å². The van der Waals surface area contributed by atoms with Crippen LogP contribution in [0.4, 0.5) is 0 Å². The van der Waals surface area contributed by atoms with Crippen molar-refractivity contribution in [2.45, 2.75) is 64.2 Å². The minimum atomic E-state index is -0.0468. The number of amides is 2. The van der Waals surface area contributed by atoms with Crippen molar-refractivity contribution in [2.75, 3.05) is 0 Å². The van der Waals surface area contributed by atoms with Crippen LogP contribution in [0, 0.1) is 11.8 Å². The molecule has 2 amide bonds. The minimum Gasteiger partial charge on any atom is -0.325 e. The van der Waals surface area contributed by atoms with Crippen molar-refractivity contribution >= 4 is 11.8 Å². The second-order valence-corrected chi connectivity index (χ2v) is 7.16. The lowest BCUT2D eigenvalue weighted by Gasteiger charge is -2.24. The zero-order chi connectivity index (χ0) is 15.1. The topological polar surface area (TPSA) is 58.2 Å². The Morgan fingerprint density at radius 3 is 1.32 bits per heavy atom. The maximum atomic E-state index is 12.5. The molecule has 0 radical (unpaired) electrons. The van der Waals surface area contributed by atoms with Gasteiger partial charge in [0.1, 0.15) is 0 Å². The molecule has 118 valence electrons. The molecule has 0 unspecified atom stereocenters. The fourth-order valence-electron chi connectivity index (χ4n) is 4.63. The van der Waals surface area contributed by atoms with Crippen LogP contribution in [0.5, 0.6) is 0 Å². The number of hydrogen-bond acceptors (Lipinski definition) is 2. The molecule has 2 N–H and O–H groups in total. The van der Waals surface area contributed by atoms with Crippen molar-refractivity contribution in [1.82, 2.24) is 10.6 Å². The number of nitrogens with one attached hydrogen (secondary N) is 2. The van der Waals surface area contributed by atoms with E-state index in [0.717, 1.165) is 37.1 Å². The number of carbonyl (C=O) groups excluding carboxylic acids is 2. The molecule has 22 heavy (non-hydrogen) atoms. The van der Waals surface area contributed by atoms with E-state index in [0.29, 0.717) is 23.0 Å². The molecular weight excluding hydrogens is 276 g/mol. The summed E-state index contributed by atoms with van der Waals surface area (Å²) in [6, 6.07) is 0. The molecule has 0 bridgehead atoms. The molecule has 4 heteroatoms. The quantitative estimate of drug-likeness (QED) is 0.824. The van der Waals surface area contributed by atoms with Crippen molar-refractivity contribution in [3.05, 3.63) is 22.5 Å². The van der Waals surface area contributed by atoms with E-state index in [2.05, 4.69) is 10.6 Å². The Bertz CT molecular complexity index is 524. The second kappa shape index (κ2) is 5.56. The average molecular weight is 300 g/mol. The lowest BCUT2D eigenvalue weighted by Crippen LogP contribution is -2.29. The van der Waals surface area contributed by atoms with Gasteiger partial charge in [0.05, 0.1) is 11.1 Å². The summed E-state index contributed by atoms with van der Waals surface area (Å²) in [4.78, 5) is 25.0. The van der Waals surface area contributed by atoms with Crippen LogP contribution in [0.15, 0.2) is 22.5 Å². The molecule has 2 aliphatic carbocycles. The van der Waals surface area contributed by atoms with E-state index >= 15 is 0 Å². The predicted molar refractivity (Wildman–Crippen MR) is 83.5 cm³/mol. The van der Waals surface area contributed by atoms with Crippen LogP contribution in [-0.4, -0.2) is 11.8 Å². The molecule has 2 saturated carbocycles. The Labute approximate surface area is 131 Å². The molecule has 2 fully saturated rings.